The number of furan rings is 1. The van der Waals surface area contributed by atoms with E-state index < -0.39 is 17.7 Å². The predicted molar refractivity (Wildman–Crippen MR) is 119 cm³/mol. The van der Waals surface area contributed by atoms with Crippen molar-refractivity contribution in [1.29, 1.82) is 0 Å². The lowest BCUT2D eigenvalue weighted by Gasteiger charge is -2.10. The Kier molecular flexibility index (Phi) is 8.85. The summed E-state index contributed by atoms with van der Waals surface area (Å²) in [5.41, 5.74) is 5.07. The normalized spacial score (nSPS) is 10.5. The zero-order valence-electron chi connectivity index (χ0n) is 15.8. The predicted octanol–water partition coefficient (Wildman–Crippen LogP) is 3.35. The summed E-state index contributed by atoms with van der Waals surface area (Å²) in [6.07, 6.45) is 2.52. The lowest BCUT2D eigenvalue weighted by atomic mass is 10.2. The van der Waals surface area contributed by atoms with Crippen LogP contribution >= 0.6 is 35.4 Å². The zero-order chi connectivity index (χ0) is 22.1. The van der Waals surface area contributed by atoms with E-state index in [-0.39, 0.29) is 18.0 Å². The van der Waals surface area contributed by atoms with E-state index in [1.165, 1.54) is 18.2 Å². The molecule has 0 fully saturated rings. The lowest BCUT2D eigenvalue weighted by molar-refractivity contribution is -0.124. The minimum atomic E-state index is -0.505. The Balaban J connectivity index is 1.67. The van der Waals surface area contributed by atoms with Crippen LogP contribution in [0.4, 0.5) is 5.69 Å². The molecule has 0 bridgehead atoms. The summed E-state index contributed by atoms with van der Waals surface area (Å²) >= 11 is 16.7. The maximum atomic E-state index is 11.9. The molecule has 2 aromatic rings. The zero-order valence-corrected chi connectivity index (χ0v) is 18.1. The van der Waals surface area contributed by atoms with Crippen molar-refractivity contribution in [2.24, 2.45) is 0 Å². The molecule has 0 saturated carbocycles. The van der Waals surface area contributed by atoms with Crippen molar-refractivity contribution in [3.63, 3.8) is 0 Å². The Morgan fingerprint density at radius 3 is 2.47 bits per heavy atom. The number of aryl methyl sites for hydroxylation is 1. The molecule has 2 rings (SSSR count). The van der Waals surface area contributed by atoms with Gasteiger partial charge in [0.05, 0.1) is 10.7 Å². The average Bonchev–Trinajstić information content (AvgIpc) is 3.10. The van der Waals surface area contributed by atoms with Crippen LogP contribution in [0.15, 0.2) is 40.8 Å². The molecule has 0 saturated heterocycles. The Labute approximate surface area is 187 Å². The molecule has 1 aromatic heterocycles. The number of amides is 3. The number of anilines is 1. The Morgan fingerprint density at radius 2 is 1.80 bits per heavy atom. The van der Waals surface area contributed by atoms with Gasteiger partial charge in [0.25, 0.3) is 0 Å². The monoisotopic (exact) mass is 468 g/mol. The van der Waals surface area contributed by atoms with Gasteiger partial charge in [0, 0.05) is 23.9 Å². The minimum absolute atomic E-state index is 0.0864. The number of benzene rings is 1. The summed E-state index contributed by atoms with van der Waals surface area (Å²) in [5.74, 6) is -0.156. The van der Waals surface area contributed by atoms with E-state index in [0.717, 1.165) is 5.76 Å². The third-order valence-corrected chi connectivity index (χ3v) is 4.25. The van der Waals surface area contributed by atoms with Crippen LogP contribution in [-0.4, -0.2) is 22.8 Å². The number of carbonyl (C=O) groups is 3. The van der Waals surface area contributed by atoms with Gasteiger partial charge in [0.2, 0.25) is 17.7 Å². The number of thiocarbonyl (C=S) groups is 1. The third kappa shape index (κ3) is 8.24. The van der Waals surface area contributed by atoms with Crippen molar-refractivity contribution in [3.05, 3.63) is 58.0 Å². The summed E-state index contributed by atoms with van der Waals surface area (Å²) in [4.78, 5) is 35.5. The minimum Gasteiger partial charge on any atom is -0.462 e. The molecule has 30 heavy (non-hydrogen) atoms. The van der Waals surface area contributed by atoms with Gasteiger partial charge >= 0.3 is 0 Å². The van der Waals surface area contributed by atoms with Gasteiger partial charge in [-0.15, -0.1) is 0 Å². The lowest BCUT2D eigenvalue weighted by Crippen LogP contribution is -2.48. The molecular weight excluding hydrogens is 451 g/mol. The number of halogens is 2. The van der Waals surface area contributed by atoms with Gasteiger partial charge in [-0.2, -0.15) is 0 Å². The van der Waals surface area contributed by atoms with Crippen LogP contribution in [0.3, 0.4) is 0 Å². The molecular formula is C19H18Cl2N4O4S. The topological polar surface area (TPSA) is 112 Å². The summed E-state index contributed by atoms with van der Waals surface area (Å²) in [7, 11) is 0. The number of hydrogen-bond acceptors (Lipinski definition) is 5. The van der Waals surface area contributed by atoms with Gasteiger partial charge in [-0.05, 0) is 55.5 Å². The first-order chi connectivity index (χ1) is 14.2. The maximum Gasteiger partial charge on any atom is 0.250 e. The second kappa shape index (κ2) is 11.3. The molecule has 158 valence electrons. The number of nitrogens with one attached hydrogen (secondary N) is 4. The molecule has 11 heteroatoms. The molecule has 0 spiro atoms. The van der Waals surface area contributed by atoms with E-state index in [9.17, 15) is 14.4 Å². The molecule has 0 aliphatic heterocycles. The summed E-state index contributed by atoms with van der Waals surface area (Å²) in [6.45, 7) is 1.79. The van der Waals surface area contributed by atoms with Gasteiger partial charge in [-0.3, -0.25) is 30.6 Å². The Hall–Kier alpha value is -2.88. The molecule has 4 N–H and O–H groups in total. The van der Waals surface area contributed by atoms with Crippen molar-refractivity contribution >= 4 is 70.0 Å². The SMILES string of the molecule is Cc1ccc(C=CC(=O)NC(=S)NNC(=O)CCC(=O)Nc2ccc(Cl)cc2Cl)o1. The molecule has 0 radical (unpaired) electrons. The first kappa shape index (κ1) is 23.4. The number of hydrazine groups is 1. The van der Waals surface area contributed by atoms with Crippen LogP contribution < -0.4 is 21.5 Å². The van der Waals surface area contributed by atoms with E-state index in [1.54, 1.807) is 31.2 Å². The molecule has 0 unspecified atom stereocenters. The fourth-order valence-electron chi connectivity index (χ4n) is 2.11. The number of rotatable bonds is 6. The average molecular weight is 469 g/mol. The highest BCUT2D eigenvalue weighted by Gasteiger charge is 2.10. The molecule has 1 heterocycles. The summed E-state index contributed by atoms with van der Waals surface area (Å²) < 4.78 is 5.30. The van der Waals surface area contributed by atoms with E-state index in [1.807, 2.05) is 0 Å². The first-order valence-electron chi connectivity index (χ1n) is 8.62. The maximum absolute atomic E-state index is 11.9. The molecule has 0 atom stereocenters. The Bertz CT molecular complexity index is 991. The van der Waals surface area contributed by atoms with Crippen molar-refractivity contribution in [2.75, 3.05) is 5.32 Å². The van der Waals surface area contributed by atoms with Gasteiger partial charge < -0.3 is 9.73 Å². The smallest absolute Gasteiger partial charge is 0.250 e. The molecule has 1 aromatic carbocycles. The van der Waals surface area contributed by atoms with Gasteiger partial charge in [0.1, 0.15) is 11.5 Å². The molecule has 0 aliphatic carbocycles. The molecule has 3 amide bonds. The van der Waals surface area contributed by atoms with E-state index >= 15 is 0 Å². The van der Waals surface area contributed by atoms with Crippen LogP contribution in [-0.2, 0) is 14.4 Å². The first-order valence-corrected chi connectivity index (χ1v) is 9.78. The van der Waals surface area contributed by atoms with E-state index in [0.29, 0.717) is 21.5 Å². The largest absolute Gasteiger partial charge is 0.462 e. The fraction of sp³-hybridized carbons (Fsp3) is 0.158. The van der Waals surface area contributed by atoms with Gasteiger partial charge in [0.15, 0.2) is 5.11 Å². The molecule has 8 nitrogen and oxygen atoms in total. The second-order valence-corrected chi connectivity index (χ2v) is 7.20. The van der Waals surface area contributed by atoms with Crippen LogP contribution in [0.5, 0.6) is 0 Å². The molecule has 0 aliphatic rings. The summed E-state index contributed by atoms with van der Waals surface area (Å²) in [6, 6.07) is 8.12. The quantitative estimate of drug-likeness (QED) is 0.293. The van der Waals surface area contributed by atoms with Gasteiger partial charge in [-0.1, -0.05) is 23.2 Å². The number of carbonyl (C=O) groups excluding carboxylic acids is 3. The second-order valence-electron chi connectivity index (χ2n) is 5.95. The number of hydrogen-bond donors (Lipinski definition) is 4. The standard InChI is InChI=1S/C19H18Cl2N4O4S/c1-11-2-4-13(29-11)5-7-17(27)23-19(30)25-24-18(28)9-8-16(26)22-15-6-3-12(20)10-14(15)21/h2-7,10H,8-9H2,1H3,(H,22,26)(H,24,28)(H2,23,25,27,30). The van der Waals surface area contributed by atoms with Crippen LogP contribution in [0.1, 0.15) is 24.4 Å². The van der Waals surface area contributed by atoms with Gasteiger partial charge in [-0.25, -0.2) is 0 Å². The third-order valence-electron chi connectivity index (χ3n) is 3.50. The highest BCUT2D eigenvalue weighted by atomic mass is 35.5. The summed E-state index contributed by atoms with van der Waals surface area (Å²) in [5, 5.41) is 5.57. The van der Waals surface area contributed by atoms with Crippen molar-refractivity contribution in [3.8, 4) is 0 Å². The van der Waals surface area contributed by atoms with E-state index in [4.69, 9.17) is 39.8 Å². The van der Waals surface area contributed by atoms with Crippen LogP contribution in [0, 0.1) is 6.92 Å². The fourth-order valence-corrected chi connectivity index (χ4v) is 2.71. The van der Waals surface area contributed by atoms with Crippen molar-refractivity contribution < 1.29 is 18.8 Å². The van der Waals surface area contributed by atoms with Crippen LogP contribution in [0.2, 0.25) is 10.0 Å². The van der Waals surface area contributed by atoms with Crippen molar-refractivity contribution in [2.45, 2.75) is 19.8 Å². The Morgan fingerprint density at radius 1 is 1.07 bits per heavy atom. The highest BCUT2D eigenvalue weighted by Crippen LogP contribution is 2.25. The van der Waals surface area contributed by atoms with Crippen LogP contribution in [0.25, 0.3) is 6.08 Å². The highest BCUT2D eigenvalue weighted by molar-refractivity contribution is 7.80. The van der Waals surface area contributed by atoms with Crippen molar-refractivity contribution in [1.82, 2.24) is 16.2 Å². The van der Waals surface area contributed by atoms with E-state index in [2.05, 4.69) is 21.5 Å².